The summed E-state index contributed by atoms with van der Waals surface area (Å²) in [6.45, 7) is 2.91. The molecule has 3 aliphatic heterocycles. The van der Waals surface area contributed by atoms with E-state index in [0.29, 0.717) is 17.1 Å². The van der Waals surface area contributed by atoms with Crippen molar-refractivity contribution in [1.29, 1.82) is 0 Å². The summed E-state index contributed by atoms with van der Waals surface area (Å²) in [6, 6.07) is 0. The summed E-state index contributed by atoms with van der Waals surface area (Å²) in [5.41, 5.74) is 1.89. The smallest absolute Gasteiger partial charge is 0.549 e. The number of nitrogens with zero attached hydrogens (tertiary/aromatic N) is 5. The third kappa shape index (κ3) is 9.72. The van der Waals surface area contributed by atoms with E-state index in [1.165, 1.54) is 6.08 Å². The Morgan fingerprint density at radius 1 is 0.711 bits per heavy atom. The van der Waals surface area contributed by atoms with Gasteiger partial charge in [0.15, 0.2) is 0 Å². The maximum absolute atomic E-state index is 12.4. The number of carboxylic acids is 4. The zero-order chi connectivity index (χ0) is 27.3. The van der Waals surface area contributed by atoms with Gasteiger partial charge in [-0.05, 0) is 0 Å². The standard InChI is InChI=1S/C12H13N3O2.C10H16N2O8.Na/c16-9-7-8(13-1-2-13)12(17)11(15-5-6-15)10(9)14-3-4-14;13-7(14)3-11(4-8(15)16)1-2-12(5-9(17)18)6-10(19)20;/h7H,1-6H2;1-6H2,(H,13,14)(H,15,16)(H,17,18)(H,19,20);/q;;+1/p-1. The number of carbonyl (C=O) groups excluding carboxylic acids is 3. The van der Waals surface area contributed by atoms with E-state index in [0.717, 1.165) is 49.1 Å². The predicted molar refractivity (Wildman–Crippen MR) is 121 cm³/mol. The predicted octanol–water partition coefficient (Wildman–Crippen LogP) is -7.22. The molecule has 3 heterocycles. The molecule has 38 heavy (non-hydrogen) atoms. The molecule has 0 spiro atoms. The van der Waals surface area contributed by atoms with Gasteiger partial charge in [-0.1, -0.05) is 0 Å². The maximum atomic E-state index is 12.4. The van der Waals surface area contributed by atoms with E-state index in [2.05, 4.69) is 0 Å². The van der Waals surface area contributed by atoms with Gasteiger partial charge in [-0.3, -0.25) is 33.8 Å². The number of aliphatic carboxylic acids is 4. The number of Topliss-reactive ketones (excluding diaryl/α,β-unsaturated/α-hetero) is 1. The van der Waals surface area contributed by atoms with Crippen molar-refractivity contribution >= 4 is 35.4 Å². The van der Waals surface area contributed by atoms with Crippen molar-refractivity contribution in [3.63, 3.8) is 0 Å². The van der Waals surface area contributed by atoms with Crippen molar-refractivity contribution in [2.75, 3.05) is 78.5 Å². The maximum Gasteiger partial charge on any atom is 1.00 e. The molecule has 1 aliphatic carbocycles. The number of carbonyl (C=O) groups is 6. The minimum Gasteiger partial charge on any atom is -0.549 e. The number of allylic oxidation sites excluding steroid dienone is 1. The molecule has 0 bridgehead atoms. The molecule has 4 aliphatic rings. The van der Waals surface area contributed by atoms with Crippen LogP contribution in [0, 0.1) is 0 Å². The summed E-state index contributed by atoms with van der Waals surface area (Å²) in [5.74, 6) is -5.16. The quantitative estimate of drug-likeness (QED) is 0.105. The van der Waals surface area contributed by atoms with Crippen LogP contribution in [0.25, 0.3) is 0 Å². The normalized spacial score (nSPS) is 17.5. The van der Waals surface area contributed by atoms with E-state index in [1.807, 2.05) is 14.7 Å². The molecule has 0 radical (unpaired) electrons. The monoisotopic (exact) mass is 545 g/mol. The molecule has 4 rings (SSSR count). The molecular formula is C22H28N5NaO10. The van der Waals surface area contributed by atoms with E-state index in [1.54, 1.807) is 0 Å². The van der Waals surface area contributed by atoms with Gasteiger partial charge in [0.05, 0.1) is 31.3 Å². The summed E-state index contributed by atoms with van der Waals surface area (Å²) in [6.07, 6.45) is 1.52. The van der Waals surface area contributed by atoms with Crippen LogP contribution in [0.5, 0.6) is 0 Å². The average molecular weight is 545 g/mol. The van der Waals surface area contributed by atoms with E-state index < -0.39 is 50.1 Å². The molecule has 0 amide bonds. The fraction of sp³-hybridized carbons (Fsp3) is 0.545. The van der Waals surface area contributed by atoms with Crippen LogP contribution in [0.15, 0.2) is 23.2 Å². The molecule has 0 aromatic heterocycles. The molecule has 3 fully saturated rings. The van der Waals surface area contributed by atoms with E-state index in [-0.39, 0.29) is 54.2 Å². The van der Waals surface area contributed by atoms with Gasteiger partial charge in [0.25, 0.3) is 0 Å². The van der Waals surface area contributed by atoms with Crippen molar-refractivity contribution in [3.05, 3.63) is 23.2 Å². The summed E-state index contributed by atoms with van der Waals surface area (Å²) in [4.78, 5) is 74.6. The first-order valence-corrected chi connectivity index (χ1v) is 11.6. The molecule has 202 valence electrons. The van der Waals surface area contributed by atoms with Crippen LogP contribution in [-0.4, -0.2) is 154 Å². The van der Waals surface area contributed by atoms with Gasteiger partial charge in [-0.2, -0.15) is 0 Å². The van der Waals surface area contributed by atoms with Crippen LogP contribution in [-0.2, 0) is 28.8 Å². The number of ketones is 2. The first-order chi connectivity index (χ1) is 17.5. The Bertz CT molecular complexity index is 981. The van der Waals surface area contributed by atoms with E-state index >= 15 is 0 Å². The van der Waals surface area contributed by atoms with E-state index in [9.17, 15) is 33.9 Å². The van der Waals surface area contributed by atoms with Crippen LogP contribution >= 0.6 is 0 Å². The van der Waals surface area contributed by atoms with Gasteiger partial charge in [-0.15, -0.1) is 0 Å². The first kappa shape index (κ1) is 31.2. The van der Waals surface area contributed by atoms with Gasteiger partial charge in [0.2, 0.25) is 11.6 Å². The van der Waals surface area contributed by atoms with Crippen molar-refractivity contribution in [1.82, 2.24) is 24.5 Å². The Balaban J connectivity index is 0.000000261. The van der Waals surface area contributed by atoms with Crippen LogP contribution in [0.2, 0.25) is 0 Å². The molecule has 0 aromatic carbocycles. The minimum atomic E-state index is -1.48. The third-order valence-electron chi connectivity index (χ3n) is 5.65. The number of hydrogen-bond donors (Lipinski definition) is 3. The van der Waals surface area contributed by atoms with Crippen LogP contribution in [0.4, 0.5) is 0 Å². The largest absolute Gasteiger partial charge is 1.00 e. The molecule has 3 N–H and O–H groups in total. The van der Waals surface area contributed by atoms with Crippen LogP contribution in [0.3, 0.4) is 0 Å². The molecule has 15 nitrogen and oxygen atoms in total. The van der Waals surface area contributed by atoms with Gasteiger partial charge >= 0.3 is 47.5 Å². The number of carboxylic acid groups (broad SMARTS) is 4. The second kappa shape index (κ2) is 13.7. The molecule has 0 atom stereocenters. The Morgan fingerprint density at radius 3 is 1.47 bits per heavy atom. The summed E-state index contributed by atoms with van der Waals surface area (Å²) < 4.78 is 0. The minimum absolute atomic E-state index is 0. The fourth-order valence-corrected chi connectivity index (χ4v) is 3.74. The molecule has 16 heteroatoms. The Morgan fingerprint density at radius 2 is 1.11 bits per heavy atom. The van der Waals surface area contributed by atoms with Crippen LogP contribution < -0.4 is 34.7 Å². The van der Waals surface area contributed by atoms with Crippen molar-refractivity contribution in [2.24, 2.45) is 0 Å². The molecule has 3 saturated heterocycles. The molecule has 0 aromatic rings. The van der Waals surface area contributed by atoms with E-state index in [4.69, 9.17) is 15.3 Å². The second-order valence-electron chi connectivity index (χ2n) is 8.86. The van der Waals surface area contributed by atoms with Gasteiger partial charge < -0.3 is 39.9 Å². The van der Waals surface area contributed by atoms with Gasteiger partial charge in [0, 0.05) is 65.0 Å². The summed E-state index contributed by atoms with van der Waals surface area (Å²) >= 11 is 0. The molecule has 0 unspecified atom stereocenters. The molecular weight excluding hydrogens is 517 g/mol. The van der Waals surface area contributed by atoms with Gasteiger partial charge in [-0.25, -0.2) is 0 Å². The third-order valence-corrected chi connectivity index (χ3v) is 5.65. The second-order valence-corrected chi connectivity index (χ2v) is 8.86. The zero-order valence-corrected chi connectivity index (χ0v) is 23.0. The van der Waals surface area contributed by atoms with Crippen LogP contribution in [0.1, 0.15) is 0 Å². The Labute approximate surface area is 239 Å². The number of hydrogen-bond acceptors (Lipinski definition) is 12. The summed E-state index contributed by atoms with van der Waals surface area (Å²) in [7, 11) is 0. The average Bonchev–Trinajstić information content (AvgIpc) is 3.62. The SMILES string of the molecule is O=C([O-])CN(CCN(CC(=O)O)CC(=O)O)CC(=O)O.O=C1C=C(N2CC2)C(=O)C(N2CC2)=C1N1CC1.[Na+]. The van der Waals surface area contributed by atoms with Crippen molar-refractivity contribution in [2.45, 2.75) is 0 Å². The topological polar surface area (TPSA) is 202 Å². The summed E-state index contributed by atoms with van der Waals surface area (Å²) in [5, 5.41) is 36.3. The zero-order valence-electron chi connectivity index (χ0n) is 21.0. The first-order valence-electron chi connectivity index (χ1n) is 11.6. The van der Waals surface area contributed by atoms with Crippen molar-refractivity contribution < 1.29 is 78.8 Å². The fourth-order valence-electron chi connectivity index (χ4n) is 3.74. The van der Waals surface area contributed by atoms with Gasteiger partial charge in [0.1, 0.15) is 11.4 Å². The Kier molecular flexibility index (Phi) is 11.3. The molecule has 0 saturated carbocycles. The van der Waals surface area contributed by atoms with Crippen molar-refractivity contribution in [3.8, 4) is 0 Å². The number of rotatable bonds is 14. The Hall–Kier alpha value is -2.98.